The fourth-order valence-corrected chi connectivity index (χ4v) is 2.00. The highest BCUT2D eigenvalue weighted by Gasteiger charge is 2.28. The molecule has 1 amide bonds. The van der Waals surface area contributed by atoms with Crippen LogP contribution >= 0.6 is 0 Å². The number of anilines is 1. The molecule has 20 heavy (non-hydrogen) atoms. The molecule has 0 spiro atoms. The van der Waals surface area contributed by atoms with Crippen LogP contribution in [0.25, 0.3) is 0 Å². The van der Waals surface area contributed by atoms with E-state index in [-0.39, 0.29) is 6.61 Å². The van der Waals surface area contributed by atoms with Crippen LogP contribution in [0.15, 0.2) is 18.3 Å². The summed E-state index contributed by atoms with van der Waals surface area (Å²) in [5.74, 6) is -0.286. The third-order valence-electron chi connectivity index (χ3n) is 3.01. The molecule has 0 aromatic carbocycles. The molecule has 1 saturated heterocycles. The van der Waals surface area contributed by atoms with Gasteiger partial charge < -0.3 is 20.1 Å². The van der Waals surface area contributed by atoms with Gasteiger partial charge in [0.25, 0.3) is 0 Å². The summed E-state index contributed by atoms with van der Waals surface area (Å²) in [5, 5.41) is 0. The summed E-state index contributed by atoms with van der Waals surface area (Å²) >= 11 is 0. The highest BCUT2D eigenvalue weighted by atomic mass is 16.5. The predicted molar refractivity (Wildman–Crippen MR) is 71.3 cm³/mol. The van der Waals surface area contributed by atoms with Crippen LogP contribution in [-0.2, 0) is 14.3 Å². The van der Waals surface area contributed by atoms with E-state index in [9.17, 15) is 9.59 Å². The van der Waals surface area contributed by atoms with E-state index < -0.39 is 17.9 Å². The van der Waals surface area contributed by atoms with Crippen molar-refractivity contribution in [3.63, 3.8) is 0 Å². The third-order valence-corrected chi connectivity index (χ3v) is 3.01. The van der Waals surface area contributed by atoms with Crippen molar-refractivity contribution in [2.45, 2.75) is 13.0 Å². The lowest BCUT2D eigenvalue weighted by Gasteiger charge is -2.34. The Kier molecular flexibility index (Phi) is 4.52. The van der Waals surface area contributed by atoms with E-state index in [4.69, 9.17) is 15.2 Å². The first kappa shape index (κ1) is 14.3. The molecule has 1 unspecified atom stereocenters. The number of carbonyl (C=O) groups is 2. The number of rotatable bonds is 4. The Morgan fingerprint density at radius 2 is 2.35 bits per heavy atom. The van der Waals surface area contributed by atoms with Gasteiger partial charge in [-0.3, -0.25) is 4.79 Å². The fraction of sp³-hybridized carbons (Fsp3) is 0.462. The first-order valence-electron chi connectivity index (χ1n) is 6.40. The van der Waals surface area contributed by atoms with Crippen molar-refractivity contribution in [3.8, 4) is 0 Å². The van der Waals surface area contributed by atoms with Crippen LogP contribution in [0.2, 0.25) is 0 Å². The molecule has 2 heterocycles. The van der Waals surface area contributed by atoms with E-state index in [1.807, 2.05) is 0 Å². The van der Waals surface area contributed by atoms with Gasteiger partial charge in [-0.1, -0.05) is 0 Å². The summed E-state index contributed by atoms with van der Waals surface area (Å²) in [4.78, 5) is 28.9. The zero-order chi connectivity index (χ0) is 14.5. The largest absolute Gasteiger partial charge is 0.462 e. The Morgan fingerprint density at radius 1 is 1.55 bits per heavy atom. The average Bonchev–Trinajstić information content (AvgIpc) is 2.47. The molecule has 0 radical (unpaired) electrons. The van der Waals surface area contributed by atoms with Crippen molar-refractivity contribution >= 4 is 17.7 Å². The number of nitrogens with zero attached hydrogens (tertiary/aromatic N) is 2. The smallest absolute Gasteiger partial charge is 0.339 e. The number of hydrogen-bond acceptors (Lipinski definition) is 6. The number of primary amides is 1. The molecular weight excluding hydrogens is 262 g/mol. The number of esters is 1. The maximum atomic E-state index is 11.5. The number of ether oxygens (including phenoxy) is 2. The van der Waals surface area contributed by atoms with Crippen LogP contribution < -0.4 is 10.6 Å². The second-order valence-electron chi connectivity index (χ2n) is 4.31. The Balaban J connectivity index is 2.15. The summed E-state index contributed by atoms with van der Waals surface area (Å²) in [6.45, 7) is 3.33. The van der Waals surface area contributed by atoms with E-state index in [1.165, 1.54) is 6.20 Å². The van der Waals surface area contributed by atoms with E-state index >= 15 is 0 Å². The number of hydrogen-bond donors (Lipinski definition) is 1. The van der Waals surface area contributed by atoms with Crippen LogP contribution in [0.1, 0.15) is 17.3 Å². The standard InChI is InChI=1S/C13H17N3O4/c1-2-20-13(18)9-3-4-11(15-7-9)16-5-6-19-8-10(16)12(14)17/h3-4,7,10H,2,5-6,8H2,1H3,(H2,14,17). The SMILES string of the molecule is CCOC(=O)c1ccc(N2CCOCC2C(N)=O)nc1. The van der Waals surface area contributed by atoms with Crippen molar-refractivity contribution in [1.82, 2.24) is 4.98 Å². The minimum Gasteiger partial charge on any atom is -0.462 e. The summed E-state index contributed by atoms with van der Waals surface area (Å²) < 4.78 is 10.1. The van der Waals surface area contributed by atoms with Gasteiger partial charge in [0.05, 0.1) is 25.4 Å². The van der Waals surface area contributed by atoms with Crippen molar-refractivity contribution in [2.75, 3.05) is 31.3 Å². The van der Waals surface area contributed by atoms with E-state index in [2.05, 4.69) is 4.98 Å². The van der Waals surface area contributed by atoms with Gasteiger partial charge in [0.1, 0.15) is 11.9 Å². The number of aromatic nitrogens is 1. The van der Waals surface area contributed by atoms with Crippen LogP contribution in [-0.4, -0.2) is 49.3 Å². The van der Waals surface area contributed by atoms with Gasteiger partial charge in [-0.15, -0.1) is 0 Å². The highest BCUT2D eigenvalue weighted by molar-refractivity contribution is 5.89. The van der Waals surface area contributed by atoms with Crippen LogP contribution in [0.5, 0.6) is 0 Å². The summed E-state index contributed by atoms with van der Waals surface area (Å²) in [5.41, 5.74) is 5.72. The van der Waals surface area contributed by atoms with Gasteiger partial charge in [-0.25, -0.2) is 9.78 Å². The van der Waals surface area contributed by atoms with Crippen molar-refractivity contribution in [2.24, 2.45) is 5.73 Å². The van der Waals surface area contributed by atoms with Gasteiger partial charge in [0.2, 0.25) is 5.91 Å². The molecule has 0 saturated carbocycles. The van der Waals surface area contributed by atoms with Gasteiger partial charge in [-0.05, 0) is 19.1 Å². The maximum absolute atomic E-state index is 11.5. The Hall–Kier alpha value is -2.15. The molecule has 1 aliphatic rings. The van der Waals surface area contributed by atoms with E-state index in [0.29, 0.717) is 31.1 Å². The molecule has 0 bridgehead atoms. The lowest BCUT2D eigenvalue weighted by Crippen LogP contribution is -2.53. The number of amides is 1. The number of nitrogens with two attached hydrogens (primary N) is 1. The third kappa shape index (κ3) is 3.05. The number of carbonyl (C=O) groups excluding carboxylic acids is 2. The van der Waals surface area contributed by atoms with Crippen LogP contribution in [0.3, 0.4) is 0 Å². The fourth-order valence-electron chi connectivity index (χ4n) is 2.00. The summed E-state index contributed by atoms with van der Waals surface area (Å²) in [6.07, 6.45) is 1.43. The minimum atomic E-state index is -0.537. The lowest BCUT2D eigenvalue weighted by atomic mass is 10.2. The Bertz CT molecular complexity index is 489. The molecule has 108 valence electrons. The minimum absolute atomic E-state index is 0.247. The highest BCUT2D eigenvalue weighted by Crippen LogP contribution is 2.17. The number of morpholine rings is 1. The average molecular weight is 279 g/mol. The molecule has 7 nitrogen and oxygen atoms in total. The van der Waals surface area contributed by atoms with Crippen molar-refractivity contribution in [1.29, 1.82) is 0 Å². The van der Waals surface area contributed by atoms with Gasteiger partial charge in [-0.2, -0.15) is 0 Å². The zero-order valence-corrected chi connectivity index (χ0v) is 11.2. The summed E-state index contributed by atoms with van der Waals surface area (Å²) in [7, 11) is 0. The van der Waals surface area contributed by atoms with Gasteiger partial charge in [0.15, 0.2) is 0 Å². The molecule has 7 heteroatoms. The van der Waals surface area contributed by atoms with E-state index in [1.54, 1.807) is 24.0 Å². The van der Waals surface area contributed by atoms with Crippen molar-refractivity contribution in [3.05, 3.63) is 23.9 Å². The maximum Gasteiger partial charge on any atom is 0.339 e. The molecular formula is C13H17N3O4. The second kappa shape index (κ2) is 6.33. The van der Waals surface area contributed by atoms with Crippen LogP contribution in [0.4, 0.5) is 5.82 Å². The van der Waals surface area contributed by atoms with Crippen molar-refractivity contribution < 1.29 is 19.1 Å². The normalized spacial score (nSPS) is 18.6. The molecule has 2 rings (SSSR count). The first-order valence-corrected chi connectivity index (χ1v) is 6.40. The zero-order valence-electron chi connectivity index (χ0n) is 11.2. The topological polar surface area (TPSA) is 94.7 Å². The monoisotopic (exact) mass is 279 g/mol. The predicted octanol–water partition coefficient (Wildman–Crippen LogP) is -0.0512. The second-order valence-corrected chi connectivity index (χ2v) is 4.31. The summed E-state index contributed by atoms with van der Waals surface area (Å²) in [6, 6.07) is 2.76. The number of pyridine rings is 1. The Labute approximate surface area is 116 Å². The lowest BCUT2D eigenvalue weighted by molar-refractivity contribution is -0.121. The van der Waals surface area contributed by atoms with Crippen LogP contribution in [0, 0.1) is 0 Å². The van der Waals surface area contributed by atoms with E-state index in [0.717, 1.165) is 0 Å². The Morgan fingerprint density at radius 3 is 2.95 bits per heavy atom. The molecule has 1 atom stereocenters. The van der Waals surface area contributed by atoms with Gasteiger partial charge >= 0.3 is 5.97 Å². The molecule has 2 N–H and O–H groups in total. The first-order chi connectivity index (χ1) is 9.63. The molecule has 1 aromatic rings. The molecule has 1 fully saturated rings. The molecule has 0 aliphatic carbocycles. The van der Waals surface area contributed by atoms with Gasteiger partial charge in [0, 0.05) is 12.7 Å². The molecule has 1 aromatic heterocycles. The quantitative estimate of drug-likeness (QED) is 0.776. The molecule has 1 aliphatic heterocycles.